The Kier molecular flexibility index (Phi) is 5.91. The van der Waals surface area contributed by atoms with Crippen molar-refractivity contribution in [1.82, 2.24) is 0 Å². The molecule has 4 aromatic rings. The molecule has 0 spiro atoms. The van der Waals surface area contributed by atoms with Crippen LogP contribution in [0.15, 0.2) is 127 Å². The lowest BCUT2D eigenvalue weighted by atomic mass is 9.95. The first-order valence-electron chi connectivity index (χ1n) is 11.0. The van der Waals surface area contributed by atoms with Crippen molar-refractivity contribution in [3.8, 4) is 11.1 Å². The second kappa shape index (κ2) is 9.30. The minimum atomic E-state index is 0.742. The van der Waals surface area contributed by atoms with Gasteiger partial charge in [-0.3, -0.25) is 0 Å². The molecule has 5 rings (SSSR count). The average molecular weight is 434 g/mol. The molecule has 0 aromatic heterocycles. The third kappa shape index (κ3) is 4.39. The second-order valence-corrected chi connectivity index (χ2v) is 8.36. The number of allylic oxidation sites excluding steroid dienone is 3. The Bertz CT molecular complexity index is 1240. The van der Waals surface area contributed by atoms with Gasteiger partial charge in [-0.1, -0.05) is 90.5 Å². The Morgan fingerprint density at radius 1 is 0.562 bits per heavy atom. The Hall–Kier alpha value is -3.55. The van der Waals surface area contributed by atoms with Crippen molar-refractivity contribution in [2.45, 2.75) is 12.8 Å². The molecular weight excluding hydrogens is 410 g/mol. The molecule has 0 heterocycles. The lowest BCUT2D eigenvalue weighted by Gasteiger charge is -2.29. The van der Waals surface area contributed by atoms with E-state index in [2.05, 4.69) is 108 Å². The van der Waals surface area contributed by atoms with E-state index in [1.54, 1.807) is 0 Å². The molecule has 0 radical (unpaired) electrons. The van der Waals surface area contributed by atoms with Gasteiger partial charge in [-0.2, -0.15) is 0 Å². The molecule has 0 saturated carbocycles. The Balaban J connectivity index is 1.55. The van der Waals surface area contributed by atoms with Crippen molar-refractivity contribution in [3.63, 3.8) is 0 Å². The summed E-state index contributed by atoms with van der Waals surface area (Å²) < 4.78 is 0. The summed E-state index contributed by atoms with van der Waals surface area (Å²) in [5.74, 6) is 0. The number of rotatable bonds is 5. The molecule has 1 aliphatic rings. The lowest BCUT2D eigenvalue weighted by Crippen LogP contribution is -2.16. The van der Waals surface area contributed by atoms with E-state index in [9.17, 15) is 0 Å². The highest BCUT2D eigenvalue weighted by Crippen LogP contribution is 2.36. The molecule has 0 aliphatic heterocycles. The third-order valence-electron chi connectivity index (χ3n) is 5.81. The summed E-state index contributed by atoms with van der Waals surface area (Å²) in [7, 11) is 0. The van der Waals surface area contributed by atoms with Gasteiger partial charge in [0.2, 0.25) is 0 Å². The van der Waals surface area contributed by atoms with Gasteiger partial charge in [0.1, 0.15) is 0 Å². The highest BCUT2D eigenvalue weighted by atomic mass is 35.5. The Morgan fingerprint density at radius 3 is 1.72 bits per heavy atom. The van der Waals surface area contributed by atoms with E-state index >= 15 is 0 Å². The van der Waals surface area contributed by atoms with Crippen LogP contribution in [-0.4, -0.2) is 0 Å². The minimum Gasteiger partial charge on any atom is -0.311 e. The van der Waals surface area contributed by atoms with Crippen molar-refractivity contribution >= 4 is 28.5 Å². The number of benzene rings is 4. The SMILES string of the molecule is Clc1ccc(N(C2=CCCC(c3ccccc3)=C2)c2ccc(-c3ccccc3)cc2)cc1. The number of hydrogen-bond donors (Lipinski definition) is 0. The van der Waals surface area contributed by atoms with Gasteiger partial charge in [-0.15, -0.1) is 0 Å². The summed E-state index contributed by atoms with van der Waals surface area (Å²) in [6.45, 7) is 0. The summed E-state index contributed by atoms with van der Waals surface area (Å²) in [5, 5.41) is 0.742. The molecule has 1 aliphatic carbocycles. The first-order chi connectivity index (χ1) is 15.8. The summed E-state index contributed by atoms with van der Waals surface area (Å²) in [5.41, 5.74) is 8.49. The normalized spacial score (nSPS) is 13.3. The highest BCUT2D eigenvalue weighted by molar-refractivity contribution is 6.30. The molecule has 4 aromatic carbocycles. The zero-order valence-electron chi connectivity index (χ0n) is 17.8. The van der Waals surface area contributed by atoms with Gasteiger partial charge in [-0.05, 0) is 77.6 Å². The molecule has 156 valence electrons. The standard InChI is InChI=1S/C30H24ClN/c31-27-16-20-29(21-17-27)32(28-18-14-25(15-19-28)23-8-3-1-4-9-23)30-13-7-12-26(22-30)24-10-5-2-6-11-24/h1-6,8-11,13-22H,7,12H2. The van der Waals surface area contributed by atoms with Gasteiger partial charge < -0.3 is 4.90 Å². The monoisotopic (exact) mass is 433 g/mol. The molecular formula is C30H24ClN. The van der Waals surface area contributed by atoms with Crippen molar-refractivity contribution in [2.75, 3.05) is 4.90 Å². The van der Waals surface area contributed by atoms with Crippen LogP contribution in [0.5, 0.6) is 0 Å². The van der Waals surface area contributed by atoms with Crippen LogP contribution in [-0.2, 0) is 0 Å². The number of anilines is 2. The fraction of sp³-hybridized carbons (Fsp3) is 0.0667. The maximum atomic E-state index is 6.19. The highest BCUT2D eigenvalue weighted by Gasteiger charge is 2.17. The lowest BCUT2D eigenvalue weighted by molar-refractivity contribution is 1.01. The van der Waals surface area contributed by atoms with Crippen LogP contribution in [0, 0.1) is 0 Å². The van der Waals surface area contributed by atoms with E-state index in [-0.39, 0.29) is 0 Å². The Labute approximate surface area is 194 Å². The van der Waals surface area contributed by atoms with E-state index in [1.165, 1.54) is 28.0 Å². The number of hydrogen-bond acceptors (Lipinski definition) is 1. The van der Waals surface area contributed by atoms with Crippen molar-refractivity contribution in [1.29, 1.82) is 0 Å². The van der Waals surface area contributed by atoms with Crippen LogP contribution in [0.4, 0.5) is 11.4 Å². The van der Waals surface area contributed by atoms with E-state index in [0.717, 1.165) is 29.2 Å². The predicted molar refractivity (Wildman–Crippen MR) is 137 cm³/mol. The van der Waals surface area contributed by atoms with Crippen molar-refractivity contribution < 1.29 is 0 Å². The molecule has 0 atom stereocenters. The molecule has 0 fully saturated rings. The van der Waals surface area contributed by atoms with E-state index in [1.807, 2.05) is 18.2 Å². The van der Waals surface area contributed by atoms with Gasteiger partial charge in [0.15, 0.2) is 0 Å². The maximum Gasteiger partial charge on any atom is 0.0462 e. The van der Waals surface area contributed by atoms with Gasteiger partial charge in [-0.25, -0.2) is 0 Å². The first-order valence-corrected chi connectivity index (χ1v) is 11.3. The summed E-state index contributed by atoms with van der Waals surface area (Å²) in [4.78, 5) is 2.31. The van der Waals surface area contributed by atoms with Gasteiger partial charge >= 0.3 is 0 Å². The fourth-order valence-corrected chi connectivity index (χ4v) is 4.32. The fourth-order valence-electron chi connectivity index (χ4n) is 4.19. The number of halogens is 1. The number of nitrogens with zero attached hydrogens (tertiary/aromatic N) is 1. The summed E-state index contributed by atoms with van der Waals surface area (Å²) in [6.07, 6.45) is 6.71. The molecule has 1 nitrogen and oxygen atoms in total. The third-order valence-corrected chi connectivity index (χ3v) is 6.06. The smallest absolute Gasteiger partial charge is 0.0462 e. The predicted octanol–water partition coefficient (Wildman–Crippen LogP) is 8.91. The van der Waals surface area contributed by atoms with E-state index in [4.69, 9.17) is 11.6 Å². The van der Waals surface area contributed by atoms with Crippen LogP contribution < -0.4 is 4.90 Å². The summed E-state index contributed by atoms with van der Waals surface area (Å²) >= 11 is 6.19. The van der Waals surface area contributed by atoms with Crippen molar-refractivity contribution in [3.05, 3.63) is 138 Å². The topological polar surface area (TPSA) is 3.24 Å². The quantitative estimate of drug-likeness (QED) is 0.303. The zero-order valence-corrected chi connectivity index (χ0v) is 18.5. The largest absolute Gasteiger partial charge is 0.311 e. The van der Waals surface area contributed by atoms with Crippen molar-refractivity contribution in [2.24, 2.45) is 0 Å². The molecule has 2 heteroatoms. The minimum absolute atomic E-state index is 0.742. The summed E-state index contributed by atoms with van der Waals surface area (Å²) in [6, 6.07) is 38.0. The molecule has 0 unspecified atom stereocenters. The first kappa shape index (κ1) is 20.4. The van der Waals surface area contributed by atoms with E-state index < -0.39 is 0 Å². The molecule has 0 N–H and O–H groups in total. The average Bonchev–Trinajstić information content (AvgIpc) is 2.87. The zero-order chi connectivity index (χ0) is 21.8. The van der Waals surface area contributed by atoms with Crippen LogP contribution in [0.25, 0.3) is 16.7 Å². The molecule has 0 amide bonds. The van der Waals surface area contributed by atoms with Gasteiger partial charge in [0.05, 0.1) is 0 Å². The van der Waals surface area contributed by atoms with Gasteiger partial charge in [0, 0.05) is 22.1 Å². The van der Waals surface area contributed by atoms with Gasteiger partial charge in [0.25, 0.3) is 0 Å². The van der Waals surface area contributed by atoms with Crippen LogP contribution in [0.1, 0.15) is 18.4 Å². The van der Waals surface area contributed by atoms with Crippen LogP contribution in [0.2, 0.25) is 5.02 Å². The van der Waals surface area contributed by atoms with Crippen LogP contribution >= 0.6 is 11.6 Å². The molecule has 0 bridgehead atoms. The maximum absolute atomic E-state index is 6.19. The molecule has 32 heavy (non-hydrogen) atoms. The second-order valence-electron chi connectivity index (χ2n) is 7.93. The molecule has 0 saturated heterocycles. The Morgan fingerprint density at radius 2 is 1.09 bits per heavy atom. The van der Waals surface area contributed by atoms with Crippen LogP contribution in [0.3, 0.4) is 0 Å². The van der Waals surface area contributed by atoms with E-state index in [0.29, 0.717) is 0 Å².